The second-order valence-electron chi connectivity index (χ2n) is 8.79. The third-order valence-corrected chi connectivity index (χ3v) is 7.93. The molecular formula is C25H24ClF2N3O4S. The van der Waals surface area contributed by atoms with Crippen molar-refractivity contribution in [3.63, 3.8) is 0 Å². The molecule has 2 aliphatic rings. The second-order valence-corrected chi connectivity index (χ2v) is 11.3. The van der Waals surface area contributed by atoms with Gasteiger partial charge in [0.15, 0.2) is 0 Å². The zero-order chi connectivity index (χ0) is 26.4. The number of benzene rings is 2. The van der Waals surface area contributed by atoms with Crippen LogP contribution in [0.4, 0.5) is 14.5 Å². The summed E-state index contributed by atoms with van der Waals surface area (Å²) in [6, 6.07) is 8.29. The highest BCUT2D eigenvalue weighted by Crippen LogP contribution is 2.41. The molecule has 0 spiro atoms. The molecule has 3 N–H and O–H groups in total. The molecule has 0 radical (unpaired) electrons. The van der Waals surface area contributed by atoms with E-state index < -0.39 is 27.2 Å². The van der Waals surface area contributed by atoms with Crippen LogP contribution in [0.1, 0.15) is 33.5 Å². The lowest BCUT2D eigenvalue weighted by molar-refractivity contribution is -0.130. The van der Waals surface area contributed by atoms with Crippen molar-refractivity contribution in [2.45, 2.75) is 25.1 Å². The minimum absolute atomic E-state index is 0.184. The molecule has 0 saturated heterocycles. The molecule has 0 unspecified atom stereocenters. The van der Waals surface area contributed by atoms with E-state index in [9.17, 15) is 26.8 Å². The van der Waals surface area contributed by atoms with Gasteiger partial charge < -0.3 is 11.1 Å². The van der Waals surface area contributed by atoms with Gasteiger partial charge in [-0.15, -0.1) is 0 Å². The first-order valence-electron chi connectivity index (χ1n) is 11.1. The van der Waals surface area contributed by atoms with Crippen LogP contribution in [0.2, 0.25) is 0 Å². The summed E-state index contributed by atoms with van der Waals surface area (Å²) >= 11 is 4.85. The van der Waals surface area contributed by atoms with Crippen LogP contribution in [0.5, 0.6) is 0 Å². The topological polar surface area (TPSA) is 110 Å². The molecule has 0 bridgehead atoms. The Bertz CT molecular complexity index is 1450. The van der Waals surface area contributed by atoms with Gasteiger partial charge in [-0.2, -0.15) is 13.1 Å². The Hall–Kier alpha value is -3.08. The lowest BCUT2D eigenvalue weighted by Gasteiger charge is -2.24. The Morgan fingerprint density at radius 3 is 2.44 bits per heavy atom. The van der Waals surface area contributed by atoms with Crippen LogP contribution in [0.25, 0.3) is 17.2 Å². The molecule has 36 heavy (non-hydrogen) atoms. The maximum Gasteiger partial charge on any atom is 0.400 e. The standard InChI is InChI=1S/C25H24ClF2N3O4S/c1-14-17(4-3-5-22(14)30-24(33)25(26,27)28)18-6-7-19(23(29)32)21-13-16(12-20(18)21)15-8-10-31(11-9-15)36(2,34)35/h3-8,12H,9-11,13H2,1-2H3,(H2,29,32)(H,30,33). The van der Waals surface area contributed by atoms with Crippen LogP contribution in [0, 0.1) is 6.92 Å². The van der Waals surface area contributed by atoms with Crippen molar-refractivity contribution >= 4 is 45.2 Å². The fourth-order valence-corrected chi connectivity index (χ4v) is 5.42. The van der Waals surface area contributed by atoms with E-state index in [0.717, 1.165) is 27.8 Å². The van der Waals surface area contributed by atoms with Gasteiger partial charge in [0.25, 0.3) is 0 Å². The van der Waals surface area contributed by atoms with E-state index in [1.165, 1.54) is 16.6 Å². The third-order valence-electron chi connectivity index (χ3n) is 6.49. The number of alkyl halides is 3. The fourth-order valence-electron chi connectivity index (χ4n) is 4.61. The average Bonchev–Trinajstić information content (AvgIpc) is 3.24. The fraction of sp³-hybridized carbons (Fsp3) is 0.280. The third kappa shape index (κ3) is 5.07. The number of anilines is 1. The molecule has 1 aliphatic carbocycles. The number of allylic oxidation sites excluding steroid dienone is 1. The van der Waals surface area contributed by atoms with Gasteiger partial charge in [0.2, 0.25) is 15.9 Å². The zero-order valence-electron chi connectivity index (χ0n) is 19.6. The number of fused-ring (bicyclic) bond motifs is 1. The SMILES string of the molecule is Cc1c(NC(=O)C(F)(F)Cl)cccc1-c1ccc(C(N)=O)c2c1C=C(C1=CCN(S(C)(=O)=O)CC1)C2. The van der Waals surface area contributed by atoms with Gasteiger partial charge in [0.1, 0.15) is 0 Å². The molecule has 0 atom stereocenters. The summed E-state index contributed by atoms with van der Waals surface area (Å²) in [5, 5.41) is -1.89. The van der Waals surface area contributed by atoms with E-state index in [-0.39, 0.29) is 12.2 Å². The van der Waals surface area contributed by atoms with E-state index in [1.807, 2.05) is 12.2 Å². The summed E-state index contributed by atoms with van der Waals surface area (Å²) < 4.78 is 51.5. The van der Waals surface area contributed by atoms with E-state index in [0.29, 0.717) is 36.1 Å². The second kappa shape index (κ2) is 9.42. The van der Waals surface area contributed by atoms with Crippen LogP contribution in [0.15, 0.2) is 47.6 Å². The molecule has 7 nitrogen and oxygen atoms in total. The highest BCUT2D eigenvalue weighted by atomic mass is 35.5. The van der Waals surface area contributed by atoms with Crippen molar-refractivity contribution in [2.75, 3.05) is 24.7 Å². The van der Waals surface area contributed by atoms with Crippen LogP contribution >= 0.6 is 11.6 Å². The highest BCUT2D eigenvalue weighted by Gasteiger charge is 2.36. The number of rotatable bonds is 6. The molecule has 0 aromatic heterocycles. The molecular weight excluding hydrogens is 512 g/mol. The number of carbonyl (C=O) groups is 2. The number of amides is 2. The van der Waals surface area contributed by atoms with Crippen molar-refractivity contribution in [1.29, 1.82) is 0 Å². The maximum atomic E-state index is 13.2. The number of hydrogen-bond acceptors (Lipinski definition) is 4. The number of halogens is 3. The zero-order valence-corrected chi connectivity index (χ0v) is 21.1. The van der Waals surface area contributed by atoms with Crippen molar-refractivity contribution in [3.05, 3.63) is 69.8 Å². The molecule has 1 aliphatic heterocycles. The lowest BCUT2D eigenvalue weighted by atomic mass is 9.90. The number of carbonyl (C=O) groups excluding carboxylic acids is 2. The van der Waals surface area contributed by atoms with Crippen molar-refractivity contribution in [3.8, 4) is 11.1 Å². The Kier molecular flexibility index (Phi) is 6.80. The minimum Gasteiger partial charge on any atom is -0.366 e. The molecule has 11 heteroatoms. The lowest BCUT2D eigenvalue weighted by Crippen LogP contribution is -2.34. The maximum absolute atomic E-state index is 13.2. The summed E-state index contributed by atoms with van der Waals surface area (Å²) in [6.45, 7) is 2.32. The largest absolute Gasteiger partial charge is 0.400 e. The normalized spacial score (nSPS) is 16.2. The Morgan fingerprint density at radius 2 is 1.86 bits per heavy atom. The first-order chi connectivity index (χ1) is 16.8. The number of sulfonamides is 1. The molecule has 2 aromatic rings. The van der Waals surface area contributed by atoms with Crippen LogP contribution < -0.4 is 11.1 Å². The van der Waals surface area contributed by atoms with Gasteiger partial charge in [0, 0.05) is 24.3 Å². The molecule has 0 fully saturated rings. The van der Waals surface area contributed by atoms with Gasteiger partial charge in [-0.25, -0.2) is 8.42 Å². The quantitative estimate of drug-likeness (QED) is 0.543. The first-order valence-corrected chi connectivity index (χ1v) is 13.3. The van der Waals surface area contributed by atoms with Crippen LogP contribution in [-0.2, 0) is 21.2 Å². The molecule has 4 rings (SSSR count). The van der Waals surface area contributed by atoms with E-state index in [2.05, 4.69) is 5.32 Å². The number of nitrogens with zero attached hydrogens (tertiary/aromatic N) is 1. The van der Waals surface area contributed by atoms with Crippen molar-refractivity contribution in [1.82, 2.24) is 4.31 Å². The summed E-state index contributed by atoms with van der Waals surface area (Å²) in [7, 11) is -3.29. The van der Waals surface area contributed by atoms with Gasteiger partial charge in [0.05, 0.1) is 6.26 Å². The van der Waals surface area contributed by atoms with Gasteiger partial charge in [-0.05, 0) is 82.5 Å². The molecule has 1 heterocycles. The van der Waals surface area contributed by atoms with Crippen molar-refractivity contribution in [2.24, 2.45) is 5.73 Å². The van der Waals surface area contributed by atoms with Crippen molar-refractivity contribution < 1.29 is 26.8 Å². The van der Waals surface area contributed by atoms with E-state index in [4.69, 9.17) is 17.3 Å². The monoisotopic (exact) mass is 535 g/mol. The summed E-state index contributed by atoms with van der Waals surface area (Å²) in [4.78, 5) is 23.9. The van der Waals surface area contributed by atoms with E-state index in [1.54, 1.807) is 31.2 Å². The summed E-state index contributed by atoms with van der Waals surface area (Å²) in [6.07, 6.45) is 5.98. The van der Waals surface area contributed by atoms with Gasteiger partial charge >= 0.3 is 11.3 Å². The highest BCUT2D eigenvalue weighted by molar-refractivity contribution is 7.88. The first kappa shape index (κ1) is 26.0. The smallest absolute Gasteiger partial charge is 0.366 e. The van der Waals surface area contributed by atoms with Gasteiger partial charge in [-0.1, -0.05) is 30.4 Å². The molecule has 190 valence electrons. The van der Waals surface area contributed by atoms with E-state index >= 15 is 0 Å². The average molecular weight is 536 g/mol. The Balaban J connectivity index is 1.76. The molecule has 2 aromatic carbocycles. The predicted octanol–water partition coefficient (Wildman–Crippen LogP) is 4.06. The minimum atomic E-state index is -4.05. The molecule has 2 amide bonds. The number of primary amides is 1. The summed E-state index contributed by atoms with van der Waals surface area (Å²) in [5.41, 5.74) is 11.6. The Morgan fingerprint density at radius 1 is 1.14 bits per heavy atom. The number of hydrogen-bond donors (Lipinski definition) is 2. The van der Waals surface area contributed by atoms with Crippen LogP contribution in [0.3, 0.4) is 0 Å². The summed E-state index contributed by atoms with van der Waals surface area (Å²) in [5.74, 6) is -2.20. The Labute approximate surface area is 212 Å². The predicted molar refractivity (Wildman–Crippen MR) is 135 cm³/mol. The van der Waals surface area contributed by atoms with Crippen LogP contribution in [-0.4, -0.2) is 49.3 Å². The number of nitrogens with two attached hydrogens (primary N) is 1. The molecule has 0 saturated carbocycles. The van der Waals surface area contributed by atoms with Gasteiger partial charge in [-0.3, -0.25) is 9.59 Å². The number of nitrogens with one attached hydrogen (secondary N) is 1.